The Hall–Kier alpha value is -3.01. The average Bonchev–Trinajstić information content (AvgIpc) is 2.83. The molecule has 37 heavy (non-hydrogen) atoms. The van der Waals surface area contributed by atoms with E-state index in [-0.39, 0.29) is 12.6 Å². The van der Waals surface area contributed by atoms with Crippen LogP contribution in [0.3, 0.4) is 0 Å². The molecule has 1 rings (SSSR count). The van der Waals surface area contributed by atoms with Crippen molar-refractivity contribution in [2.75, 3.05) is 20.3 Å². The largest absolute Gasteiger partial charge is 0.493 e. The summed E-state index contributed by atoms with van der Waals surface area (Å²) in [7, 11) is 1.59. The Labute approximate surface area is 225 Å². The fourth-order valence-electron chi connectivity index (χ4n) is 3.56. The van der Waals surface area contributed by atoms with Gasteiger partial charge in [0.2, 0.25) is 0 Å². The second kappa shape index (κ2) is 18.3. The van der Waals surface area contributed by atoms with Gasteiger partial charge in [0.15, 0.2) is 11.5 Å². The second-order valence-corrected chi connectivity index (χ2v) is 10.1. The van der Waals surface area contributed by atoms with Crippen molar-refractivity contribution >= 4 is 5.97 Å². The van der Waals surface area contributed by atoms with Crippen LogP contribution in [0.25, 0.3) is 0 Å². The maximum Gasteiger partial charge on any atom is 0.338 e. The number of methoxy groups -OCH3 is 1. The summed E-state index contributed by atoms with van der Waals surface area (Å²) in [6, 6.07) is 5.13. The first-order chi connectivity index (χ1) is 17.6. The minimum Gasteiger partial charge on any atom is -0.493 e. The highest BCUT2D eigenvalue weighted by Gasteiger charge is 2.12. The number of benzene rings is 1. The molecule has 0 aliphatic heterocycles. The van der Waals surface area contributed by atoms with E-state index in [0.717, 1.165) is 38.5 Å². The Morgan fingerprint density at radius 1 is 0.676 bits per heavy atom. The van der Waals surface area contributed by atoms with E-state index in [1.165, 1.54) is 27.9 Å². The quantitative estimate of drug-likeness (QED) is 0.165. The summed E-state index contributed by atoms with van der Waals surface area (Å²) in [4.78, 5) is 12.6. The molecule has 0 atom stereocenters. The zero-order chi connectivity index (χ0) is 27.6. The van der Waals surface area contributed by atoms with Gasteiger partial charge in [0.1, 0.15) is 13.2 Å². The first kappa shape index (κ1) is 32.0. The lowest BCUT2D eigenvalue weighted by Crippen LogP contribution is -2.07. The van der Waals surface area contributed by atoms with Gasteiger partial charge in [0.05, 0.1) is 12.7 Å². The third-order valence-corrected chi connectivity index (χ3v) is 5.93. The van der Waals surface area contributed by atoms with Crippen molar-refractivity contribution in [2.45, 2.75) is 87.0 Å². The maximum absolute atomic E-state index is 12.6. The van der Waals surface area contributed by atoms with Crippen LogP contribution in [0, 0.1) is 0 Å². The minimum absolute atomic E-state index is 0.254. The van der Waals surface area contributed by atoms with E-state index >= 15 is 0 Å². The van der Waals surface area contributed by atoms with Gasteiger partial charge in [0.25, 0.3) is 0 Å². The Morgan fingerprint density at radius 3 is 1.73 bits per heavy atom. The lowest BCUT2D eigenvalue weighted by molar-refractivity contribution is 0.0548. The summed E-state index contributed by atoms with van der Waals surface area (Å²) in [5.41, 5.74) is 7.05. The summed E-state index contributed by atoms with van der Waals surface area (Å²) >= 11 is 0. The molecule has 0 aliphatic carbocycles. The van der Waals surface area contributed by atoms with Crippen molar-refractivity contribution in [3.05, 3.63) is 82.0 Å². The minimum atomic E-state index is -0.375. The summed E-state index contributed by atoms with van der Waals surface area (Å²) in [6.45, 7) is 15.5. The predicted molar refractivity (Wildman–Crippen MR) is 157 cm³/mol. The molecule has 4 nitrogen and oxygen atoms in total. The number of hydrogen-bond acceptors (Lipinski definition) is 4. The van der Waals surface area contributed by atoms with Crippen LogP contribution in [0.4, 0.5) is 0 Å². The molecule has 0 aliphatic rings. The highest BCUT2D eigenvalue weighted by Crippen LogP contribution is 2.28. The van der Waals surface area contributed by atoms with Gasteiger partial charge >= 0.3 is 5.97 Å². The molecule has 1 aromatic carbocycles. The van der Waals surface area contributed by atoms with Crippen molar-refractivity contribution in [2.24, 2.45) is 0 Å². The van der Waals surface area contributed by atoms with Gasteiger partial charge in [-0.3, -0.25) is 0 Å². The van der Waals surface area contributed by atoms with Crippen LogP contribution in [0.5, 0.6) is 11.5 Å². The topological polar surface area (TPSA) is 44.8 Å². The van der Waals surface area contributed by atoms with Crippen molar-refractivity contribution in [3.8, 4) is 11.5 Å². The highest BCUT2D eigenvalue weighted by atomic mass is 16.5. The number of rotatable bonds is 16. The first-order valence-electron chi connectivity index (χ1n) is 13.3. The second-order valence-electron chi connectivity index (χ2n) is 10.1. The SMILES string of the molecule is COc1ccc(C(=O)OCC=C(C)CCC=C(C)CCC=C(C)C)cc1OCC=C(C)CCC=C(C)C. The van der Waals surface area contributed by atoms with Crippen molar-refractivity contribution in [3.63, 3.8) is 0 Å². The van der Waals surface area contributed by atoms with Crippen LogP contribution >= 0.6 is 0 Å². The van der Waals surface area contributed by atoms with Crippen LogP contribution < -0.4 is 9.47 Å². The molecule has 0 unspecified atom stereocenters. The zero-order valence-electron chi connectivity index (χ0n) is 24.4. The van der Waals surface area contributed by atoms with Crippen molar-refractivity contribution < 1.29 is 19.0 Å². The Balaban J connectivity index is 2.58. The Kier molecular flexibility index (Phi) is 15.8. The molecule has 0 heterocycles. The third-order valence-electron chi connectivity index (χ3n) is 5.93. The summed E-state index contributed by atoms with van der Waals surface area (Å²) in [5.74, 6) is 0.746. The van der Waals surface area contributed by atoms with Crippen LogP contribution in [0.1, 0.15) is 97.3 Å². The number of hydrogen-bond donors (Lipinski definition) is 0. The molecular formula is C33H48O4. The van der Waals surface area contributed by atoms with E-state index in [1.807, 2.05) is 6.08 Å². The molecule has 0 radical (unpaired) electrons. The first-order valence-corrected chi connectivity index (χ1v) is 13.3. The van der Waals surface area contributed by atoms with E-state index < -0.39 is 0 Å². The smallest absolute Gasteiger partial charge is 0.338 e. The van der Waals surface area contributed by atoms with Crippen LogP contribution in [0.15, 0.2) is 76.4 Å². The monoisotopic (exact) mass is 508 g/mol. The molecule has 1 aromatic rings. The molecule has 0 aromatic heterocycles. The fraction of sp³-hybridized carbons (Fsp3) is 0.485. The zero-order valence-corrected chi connectivity index (χ0v) is 24.4. The van der Waals surface area contributed by atoms with Crippen LogP contribution in [0.2, 0.25) is 0 Å². The Morgan fingerprint density at radius 2 is 1.19 bits per heavy atom. The summed E-state index contributed by atoms with van der Waals surface area (Å²) < 4.78 is 16.8. The molecule has 204 valence electrons. The molecule has 4 heteroatoms. The molecule has 0 fully saturated rings. The standard InChI is InChI=1S/C33H48O4/c1-25(2)12-9-14-27(5)16-11-17-29(7)21-23-37-33(34)30-18-19-31(35-8)32(24-30)36-22-20-28(6)15-10-13-26(3)4/h12-13,16,18-21,24H,9-11,14-15,17,22-23H2,1-8H3. The van der Waals surface area contributed by atoms with Gasteiger partial charge in [-0.25, -0.2) is 4.79 Å². The molecule has 0 bridgehead atoms. The van der Waals surface area contributed by atoms with Crippen molar-refractivity contribution in [1.82, 2.24) is 0 Å². The maximum atomic E-state index is 12.6. The molecule has 0 amide bonds. The summed E-state index contributed by atoms with van der Waals surface area (Å²) in [5, 5.41) is 0. The molecule has 0 saturated heterocycles. The summed E-state index contributed by atoms with van der Waals surface area (Å²) in [6.07, 6.45) is 17.0. The number of allylic oxidation sites excluding steroid dienone is 8. The number of carbonyl (C=O) groups is 1. The van der Waals surface area contributed by atoms with E-state index in [4.69, 9.17) is 14.2 Å². The van der Waals surface area contributed by atoms with E-state index in [9.17, 15) is 4.79 Å². The fourth-order valence-corrected chi connectivity index (χ4v) is 3.56. The van der Waals surface area contributed by atoms with E-state index in [1.54, 1.807) is 25.3 Å². The molecular weight excluding hydrogens is 460 g/mol. The van der Waals surface area contributed by atoms with E-state index in [2.05, 4.69) is 72.8 Å². The highest BCUT2D eigenvalue weighted by molar-refractivity contribution is 5.90. The van der Waals surface area contributed by atoms with Crippen molar-refractivity contribution in [1.29, 1.82) is 0 Å². The number of carbonyl (C=O) groups excluding carboxylic acids is 1. The van der Waals surface area contributed by atoms with Gasteiger partial charge in [-0.15, -0.1) is 0 Å². The normalized spacial score (nSPS) is 12.2. The predicted octanol–water partition coefficient (Wildman–Crippen LogP) is 9.34. The molecule has 0 saturated carbocycles. The van der Waals surface area contributed by atoms with Gasteiger partial charge < -0.3 is 14.2 Å². The van der Waals surface area contributed by atoms with E-state index in [0.29, 0.717) is 23.7 Å². The average molecular weight is 509 g/mol. The van der Waals surface area contributed by atoms with Gasteiger partial charge in [-0.05, 0) is 117 Å². The van der Waals surface area contributed by atoms with Gasteiger partial charge in [-0.1, -0.05) is 46.1 Å². The van der Waals surface area contributed by atoms with Gasteiger partial charge in [-0.2, -0.15) is 0 Å². The third kappa shape index (κ3) is 15.0. The number of esters is 1. The molecule has 0 N–H and O–H groups in total. The lowest BCUT2D eigenvalue weighted by Gasteiger charge is -2.11. The number of ether oxygens (including phenoxy) is 3. The molecule has 0 spiro atoms. The van der Waals surface area contributed by atoms with Crippen LogP contribution in [-0.4, -0.2) is 26.3 Å². The Bertz CT molecular complexity index is 997. The van der Waals surface area contributed by atoms with Crippen LogP contribution in [-0.2, 0) is 4.74 Å². The lowest BCUT2D eigenvalue weighted by atomic mass is 10.1. The van der Waals surface area contributed by atoms with Gasteiger partial charge in [0, 0.05) is 0 Å².